The van der Waals surface area contributed by atoms with E-state index in [1.54, 1.807) is 23.9 Å². The van der Waals surface area contributed by atoms with Crippen LogP contribution in [0.2, 0.25) is 0 Å². The SMILES string of the molecule is Cc1nc(SCCCOc2cccc(C#N)c2)n[nH]1. The Morgan fingerprint density at radius 1 is 1.47 bits per heavy atom. The van der Waals surface area contributed by atoms with E-state index in [4.69, 9.17) is 10.00 Å². The number of ether oxygens (including phenoxy) is 1. The largest absolute Gasteiger partial charge is 0.494 e. The third-order valence-corrected chi connectivity index (χ3v) is 3.26. The van der Waals surface area contributed by atoms with E-state index in [1.807, 2.05) is 19.1 Å². The molecule has 0 saturated carbocycles. The second kappa shape index (κ2) is 6.81. The molecule has 0 aliphatic carbocycles. The monoisotopic (exact) mass is 274 g/mol. The molecule has 0 amide bonds. The second-order valence-corrected chi connectivity index (χ2v) is 4.96. The van der Waals surface area contributed by atoms with Gasteiger partial charge in [0.15, 0.2) is 0 Å². The van der Waals surface area contributed by atoms with Gasteiger partial charge in [-0.1, -0.05) is 17.8 Å². The van der Waals surface area contributed by atoms with Crippen LogP contribution in [0.5, 0.6) is 5.75 Å². The van der Waals surface area contributed by atoms with E-state index in [2.05, 4.69) is 21.3 Å². The Morgan fingerprint density at radius 3 is 3.11 bits per heavy atom. The maximum Gasteiger partial charge on any atom is 0.208 e. The van der Waals surface area contributed by atoms with Crippen molar-refractivity contribution < 1.29 is 4.74 Å². The molecule has 19 heavy (non-hydrogen) atoms. The minimum absolute atomic E-state index is 0.614. The standard InChI is InChI=1S/C13H14N4OS/c1-10-15-13(17-16-10)19-7-3-6-18-12-5-2-4-11(8-12)9-14/h2,4-5,8H,3,6-7H2,1H3,(H,15,16,17). The van der Waals surface area contributed by atoms with Gasteiger partial charge in [-0.3, -0.25) is 5.10 Å². The number of benzene rings is 1. The molecule has 0 radical (unpaired) electrons. The smallest absolute Gasteiger partial charge is 0.208 e. The Kier molecular flexibility index (Phi) is 4.81. The highest BCUT2D eigenvalue weighted by Crippen LogP contribution is 2.15. The summed E-state index contributed by atoms with van der Waals surface area (Å²) in [7, 11) is 0. The molecule has 1 aromatic carbocycles. The van der Waals surface area contributed by atoms with Gasteiger partial charge < -0.3 is 4.74 Å². The molecule has 0 unspecified atom stereocenters. The summed E-state index contributed by atoms with van der Waals surface area (Å²) in [6, 6.07) is 9.26. The van der Waals surface area contributed by atoms with Crippen molar-refractivity contribution in [2.45, 2.75) is 18.5 Å². The molecule has 1 N–H and O–H groups in total. The topological polar surface area (TPSA) is 74.6 Å². The fourth-order valence-electron chi connectivity index (χ4n) is 1.45. The molecule has 0 atom stereocenters. The summed E-state index contributed by atoms with van der Waals surface area (Å²) < 4.78 is 5.58. The third kappa shape index (κ3) is 4.30. The van der Waals surface area contributed by atoms with E-state index in [1.165, 1.54) is 0 Å². The first-order chi connectivity index (χ1) is 9.28. The van der Waals surface area contributed by atoms with Gasteiger partial charge in [0.1, 0.15) is 11.6 Å². The molecule has 5 nitrogen and oxygen atoms in total. The third-order valence-electron chi connectivity index (χ3n) is 2.33. The van der Waals surface area contributed by atoms with Gasteiger partial charge in [0.25, 0.3) is 0 Å². The number of H-pyrrole nitrogens is 1. The molecule has 6 heteroatoms. The first-order valence-corrected chi connectivity index (χ1v) is 6.91. The number of aromatic amines is 1. The minimum atomic E-state index is 0.614. The van der Waals surface area contributed by atoms with E-state index in [0.29, 0.717) is 12.2 Å². The number of aromatic nitrogens is 3. The lowest BCUT2D eigenvalue weighted by Gasteiger charge is -2.05. The molecular formula is C13H14N4OS. The number of rotatable bonds is 6. The van der Waals surface area contributed by atoms with E-state index in [9.17, 15) is 0 Å². The van der Waals surface area contributed by atoms with Crippen LogP contribution in [-0.2, 0) is 0 Å². The molecular weight excluding hydrogens is 260 g/mol. The number of thioether (sulfide) groups is 1. The van der Waals surface area contributed by atoms with E-state index in [-0.39, 0.29) is 0 Å². The highest BCUT2D eigenvalue weighted by Gasteiger charge is 2.00. The zero-order valence-corrected chi connectivity index (χ0v) is 11.4. The van der Waals surface area contributed by atoms with Crippen LogP contribution in [0, 0.1) is 18.3 Å². The van der Waals surface area contributed by atoms with Gasteiger partial charge in [0.2, 0.25) is 5.16 Å². The van der Waals surface area contributed by atoms with Gasteiger partial charge in [-0.05, 0) is 31.5 Å². The first kappa shape index (κ1) is 13.4. The first-order valence-electron chi connectivity index (χ1n) is 5.92. The van der Waals surface area contributed by atoms with Gasteiger partial charge in [-0.2, -0.15) is 5.26 Å². The molecule has 1 heterocycles. The van der Waals surface area contributed by atoms with Crippen molar-refractivity contribution in [3.8, 4) is 11.8 Å². The van der Waals surface area contributed by atoms with Crippen molar-refractivity contribution >= 4 is 11.8 Å². The fraction of sp³-hybridized carbons (Fsp3) is 0.308. The number of hydrogen-bond acceptors (Lipinski definition) is 5. The van der Waals surface area contributed by atoms with Gasteiger partial charge in [0.05, 0.1) is 18.2 Å². The molecule has 0 aliphatic heterocycles. The Bertz CT molecular complexity index is 576. The second-order valence-electron chi connectivity index (χ2n) is 3.89. The van der Waals surface area contributed by atoms with Crippen LogP contribution in [0.4, 0.5) is 0 Å². The van der Waals surface area contributed by atoms with E-state index in [0.717, 1.165) is 28.9 Å². The molecule has 0 aliphatic rings. The van der Waals surface area contributed by atoms with Crippen molar-refractivity contribution in [2.24, 2.45) is 0 Å². The molecule has 2 rings (SSSR count). The predicted molar refractivity (Wildman–Crippen MR) is 73.1 cm³/mol. The van der Waals surface area contributed by atoms with Crippen LogP contribution in [0.1, 0.15) is 17.8 Å². The van der Waals surface area contributed by atoms with Crippen LogP contribution in [-0.4, -0.2) is 27.5 Å². The summed E-state index contributed by atoms with van der Waals surface area (Å²) in [5, 5.41) is 16.4. The van der Waals surface area contributed by atoms with Crippen LogP contribution < -0.4 is 4.74 Å². The zero-order chi connectivity index (χ0) is 13.5. The predicted octanol–water partition coefficient (Wildman–Crippen LogP) is 2.55. The normalized spacial score (nSPS) is 10.1. The van der Waals surface area contributed by atoms with Crippen molar-refractivity contribution in [1.82, 2.24) is 15.2 Å². The van der Waals surface area contributed by atoms with Gasteiger partial charge in [0, 0.05) is 5.75 Å². The summed E-state index contributed by atoms with van der Waals surface area (Å²) in [6.07, 6.45) is 0.898. The summed E-state index contributed by atoms with van der Waals surface area (Å²) in [6.45, 7) is 2.49. The lowest BCUT2D eigenvalue weighted by atomic mass is 10.2. The Balaban J connectivity index is 1.68. The summed E-state index contributed by atoms with van der Waals surface area (Å²) in [4.78, 5) is 4.21. The summed E-state index contributed by atoms with van der Waals surface area (Å²) >= 11 is 1.60. The highest BCUT2D eigenvalue weighted by atomic mass is 32.2. The number of nitrogens with one attached hydrogen (secondary N) is 1. The Hall–Kier alpha value is -2.00. The molecule has 2 aromatic rings. The van der Waals surface area contributed by atoms with Gasteiger partial charge >= 0.3 is 0 Å². The number of nitrogens with zero attached hydrogens (tertiary/aromatic N) is 3. The molecule has 0 spiro atoms. The average Bonchev–Trinajstić information content (AvgIpc) is 2.84. The van der Waals surface area contributed by atoms with Gasteiger partial charge in [-0.15, -0.1) is 5.10 Å². The van der Waals surface area contributed by atoms with Crippen molar-refractivity contribution in [1.29, 1.82) is 5.26 Å². The lowest BCUT2D eigenvalue weighted by molar-refractivity contribution is 0.318. The van der Waals surface area contributed by atoms with Crippen LogP contribution in [0.3, 0.4) is 0 Å². The molecule has 0 saturated heterocycles. The minimum Gasteiger partial charge on any atom is -0.494 e. The molecule has 1 aromatic heterocycles. The van der Waals surface area contributed by atoms with Crippen LogP contribution in [0.25, 0.3) is 0 Å². The van der Waals surface area contributed by atoms with Crippen LogP contribution in [0.15, 0.2) is 29.4 Å². The maximum atomic E-state index is 8.77. The van der Waals surface area contributed by atoms with Crippen molar-refractivity contribution in [2.75, 3.05) is 12.4 Å². The maximum absolute atomic E-state index is 8.77. The fourth-order valence-corrected chi connectivity index (χ4v) is 2.21. The summed E-state index contributed by atoms with van der Waals surface area (Å²) in [5.41, 5.74) is 0.614. The van der Waals surface area contributed by atoms with Crippen molar-refractivity contribution in [3.63, 3.8) is 0 Å². The lowest BCUT2D eigenvalue weighted by Crippen LogP contribution is -1.99. The highest BCUT2D eigenvalue weighted by molar-refractivity contribution is 7.99. The van der Waals surface area contributed by atoms with E-state index < -0.39 is 0 Å². The molecule has 98 valence electrons. The number of hydrogen-bond donors (Lipinski definition) is 1. The Morgan fingerprint density at radius 2 is 2.37 bits per heavy atom. The quantitative estimate of drug-likeness (QED) is 0.647. The Labute approximate surface area is 116 Å². The number of nitriles is 1. The zero-order valence-electron chi connectivity index (χ0n) is 10.6. The summed E-state index contributed by atoms with van der Waals surface area (Å²) in [5.74, 6) is 2.46. The van der Waals surface area contributed by atoms with Crippen LogP contribution >= 0.6 is 11.8 Å². The van der Waals surface area contributed by atoms with E-state index >= 15 is 0 Å². The van der Waals surface area contributed by atoms with Gasteiger partial charge in [-0.25, -0.2) is 4.98 Å². The number of aryl methyl sites for hydroxylation is 1. The molecule has 0 bridgehead atoms. The molecule has 0 fully saturated rings. The van der Waals surface area contributed by atoms with Crippen molar-refractivity contribution in [3.05, 3.63) is 35.7 Å². The average molecular weight is 274 g/mol.